The van der Waals surface area contributed by atoms with Crippen LogP contribution in [0, 0.1) is 0 Å². The molecule has 2 N–H and O–H groups in total. The van der Waals surface area contributed by atoms with Gasteiger partial charge in [0.1, 0.15) is 12.4 Å². The Morgan fingerprint density at radius 1 is 1.12 bits per heavy atom. The fourth-order valence-corrected chi connectivity index (χ4v) is 5.34. The van der Waals surface area contributed by atoms with E-state index in [-0.39, 0.29) is 18.1 Å². The number of para-hydroxylation sites is 1. The van der Waals surface area contributed by atoms with Crippen LogP contribution in [0.1, 0.15) is 44.0 Å². The maximum absolute atomic E-state index is 13.0. The van der Waals surface area contributed by atoms with Crippen LogP contribution >= 0.6 is 11.8 Å². The molecular formula is C23H24N6O3S. The monoisotopic (exact) mass is 464 g/mol. The molecule has 1 amide bonds. The third-order valence-electron chi connectivity index (χ3n) is 5.93. The highest BCUT2D eigenvalue weighted by Gasteiger charge is 2.25. The molecular weight excluding hydrogens is 440 g/mol. The van der Waals surface area contributed by atoms with Gasteiger partial charge in [0.2, 0.25) is 11.7 Å². The number of rotatable bonds is 7. The summed E-state index contributed by atoms with van der Waals surface area (Å²) in [5, 5.41) is 10.1. The van der Waals surface area contributed by atoms with Gasteiger partial charge in [-0.3, -0.25) is 18.7 Å². The fourth-order valence-electron chi connectivity index (χ4n) is 4.39. The summed E-state index contributed by atoms with van der Waals surface area (Å²) in [6.45, 7) is -0.223. The van der Waals surface area contributed by atoms with Gasteiger partial charge in [0.05, 0.1) is 22.9 Å². The highest BCUT2D eigenvalue weighted by atomic mass is 32.2. The molecule has 33 heavy (non-hydrogen) atoms. The SMILES string of the molecule is NC(=O)Cn1c(CSc2nnc(-c3ccco3)n2C2CCCCC2)nc2ccccc2c1=O. The van der Waals surface area contributed by atoms with E-state index in [0.29, 0.717) is 34.1 Å². The fraction of sp³-hybridized carbons (Fsp3) is 0.348. The van der Waals surface area contributed by atoms with Gasteiger partial charge in [-0.15, -0.1) is 10.2 Å². The van der Waals surface area contributed by atoms with E-state index in [9.17, 15) is 9.59 Å². The minimum atomic E-state index is -0.592. The van der Waals surface area contributed by atoms with E-state index < -0.39 is 5.91 Å². The van der Waals surface area contributed by atoms with E-state index in [1.807, 2.05) is 18.2 Å². The Morgan fingerprint density at radius 2 is 1.94 bits per heavy atom. The first-order chi connectivity index (χ1) is 16.1. The number of carbonyl (C=O) groups is 1. The van der Waals surface area contributed by atoms with Crippen molar-refractivity contribution in [1.82, 2.24) is 24.3 Å². The Balaban J connectivity index is 1.52. The van der Waals surface area contributed by atoms with E-state index in [2.05, 4.69) is 19.7 Å². The van der Waals surface area contributed by atoms with Crippen molar-refractivity contribution in [3.63, 3.8) is 0 Å². The van der Waals surface area contributed by atoms with Gasteiger partial charge < -0.3 is 10.2 Å². The van der Waals surface area contributed by atoms with Crippen molar-refractivity contribution in [1.29, 1.82) is 0 Å². The number of aromatic nitrogens is 5. The molecule has 0 aliphatic heterocycles. The largest absolute Gasteiger partial charge is 0.461 e. The third-order valence-corrected chi connectivity index (χ3v) is 6.87. The Hall–Kier alpha value is -3.40. The summed E-state index contributed by atoms with van der Waals surface area (Å²) >= 11 is 1.44. The summed E-state index contributed by atoms with van der Waals surface area (Å²) in [6, 6.07) is 11.1. The molecule has 1 fully saturated rings. The number of hydrogen-bond donors (Lipinski definition) is 1. The average Bonchev–Trinajstić information content (AvgIpc) is 3.50. The Morgan fingerprint density at radius 3 is 2.70 bits per heavy atom. The van der Waals surface area contributed by atoms with Crippen LogP contribution < -0.4 is 11.3 Å². The predicted octanol–water partition coefficient (Wildman–Crippen LogP) is 3.53. The number of fused-ring (bicyclic) bond motifs is 1. The predicted molar refractivity (Wildman–Crippen MR) is 125 cm³/mol. The van der Waals surface area contributed by atoms with Gasteiger partial charge in [0, 0.05) is 6.04 Å². The van der Waals surface area contributed by atoms with Gasteiger partial charge in [-0.25, -0.2) is 4.98 Å². The third kappa shape index (κ3) is 4.30. The average molecular weight is 465 g/mol. The zero-order valence-electron chi connectivity index (χ0n) is 18.0. The lowest BCUT2D eigenvalue weighted by Gasteiger charge is -2.25. The minimum absolute atomic E-state index is 0.223. The van der Waals surface area contributed by atoms with Crippen LogP contribution in [0.15, 0.2) is 57.0 Å². The minimum Gasteiger partial charge on any atom is -0.461 e. The van der Waals surface area contributed by atoms with Crippen molar-refractivity contribution in [2.24, 2.45) is 5.73 Å². The van der Waals surface area contributed by atoms with Gasteiger partial charge in [-0.2, -0.15) is 0 Å². The Kier molecular flexibility index (Phi) is 5.99. The second-order valence-corrected chi connectivity index (χ2v) is 9.08. The molecule has 170 valence electrons. The number of thioether (sulfide) groups is 1. The zero-order chi connectivity index (χ0) is 22.8. The number of benzene rings is 1. The van der Waals surface area contributed by atoms with Gasteiger partial charge in [0.25, 0.3) is 5.56 Å². The molecule has 5 rings (SSSR count). The Labute approximate surface area is 194 Å². The van der Waals surface area contributed by atoms with Crippen LogP contribution in [0.4, 0.5) is 0 Å². The molecule has 0 saturated heterocycles. The summed E-state index contributed by atoms with van der Waals surface area (Å²) in [5.41, 5.74) is 5.73. The molecule has 3 heterocycles. The summed E-state index contributed by atoms with van der Waals surface area (Å²) in [4.78, 5) is 29.4. The molecule has 1 aromatic carbocycles. The van der Waals surface area contributed by atoms with Crippen LogP contribution in [0.25, 0.3) is 22.5 Å². The van der Waals surface area contributed by atoms with Crippen molar-refractivity contribution in [2.75, 3.05) is 0 Å². The maximum atomic E-state index is 13.0. The molecule has 0 spiro atoms. The van der Waals surface area contributed by atoms with Gasteiger partial charge in [-0.05, 0) is 37.1 Å². The normalized spacial score (nSPS) is 14.7. The molecule has 0 atom stereocenters. The first-order valence-electron chi connectivity index (χ1n) is 11.0. The molecule has 0 unspecified atom stereocenters. The lowest BCUT2D eigenvalue weighted by atomic mass is 9.95. The molecule has 1 aliphatic carbocycles. The highest BCUT2D eigenvalue weighted by molar-refractivity contribution is 7.98. The van der Waals surface area contributed by atoms with Crippen molar-refractivity contribution in [2.45, 2.75) is 55.6 Å². The van der Waals surface area contributed by atoms with Gasteiger partial charge in [0.15, 0.2) is 10.9 Å². The van der Waals surface area contributed by atoms with Gasteiger partial charge in [-0.1, -0.05) is 43.2 Å². The van der Waals surface area contributed by atoms with Crippen molar-refractivity contribution >= 4 is 28.6 Å². The molecule has 4 aromatic rings. The lowest BCUT2D eigenvalue weighted by molar-refractivity contribution is -0.118. The topological polar surface area (TPSA) is 122 Å². The number of furan rings is 1. The number of nitrogens with two attached hydrogens (primary N) is 1. The van der Waals surface area contributed by atoms with E-state index >= 15 is 0 Å². The molecule has 3 aromatic heterocycles. The lowest BCUT2D eigenvalue weighted by Crippen LogP contribution is -2.31. The number of carbonyl (C=O) groups excluding carboxylic acids is 1. The molecule has 1 saturated carbocycles. The van der Waals surface area contributed by atoms with Crippen molar-refractivity contribution < 1.29 is 9.21 Å². The summed E-state index contributed by atoms with van der Waals surface area (Å²) in [6.07, 6.45) is 7.30. The number of amides is 1. The number of primary amides is 1. The maximum Gasteiger partial charge on any atom is 0.261 e. The first kappa shape index (κ1) is 21.4. The summed E-state index contributed by atoms with van der Waals surface area (Å²) in [5.74, 6) is 1.60. The molecule has 0 bridgehead atoms. The summed E-state index contributed by atoms with van der Waals surface area (Å²) in [7, 11) is 0. The quantitative estimate of drug-likeness (QED) is 0.415. The van der Waals surface area contributed by atoms with E-state index in [1.165, 1.54) is 22.7 Å². The van der Waals surface area contributed by atoms with Crippen LogP contribution in [0.5, 0.6) is 0 Å². The molecule has 9 nitrogen and oxygen atoms in total. The van der Waals surface area contributed by atoms with E-state index in [0.717, 1.165) is 30.8 Å². The van der Waals surface area contributed by atoms with E-state index in [4.69, 9.17) is 10.2 Å². The second kappa shape index (κ2) is 9.22. The Bertz CT molecular complexity index is 1340. The highest BCUT2D eigenvalue weighted by Crippen LogP contribution is 2.36. The van der Waals surface area contributed by atoms with E-state index in [1.54, 1.807) is 24.5 Å². The summed E-state index contributed by atoms with van der Waals surface area (Å²) < 4.78 is 9.12. The van der Waals surface area contributed by atoms with Crippen LogP contribution in [0.3, 0.4) is 0 Å². The molecule has 0 radical (unpaired) electrons. The smallest absolute Gasteiger partial charge is 0.261 e. The molecule has 1 aliphatic rings. The number of nitrogens with zero attached hydrogens (tertiary/aromatic N) is 5. The van der Waals surface area contributed by atoms with Crippen LogP contribution in [-0.2, 0) is 17.1 Å². The van der Waals surface area contributed by atoms with Gasteiger partial charge >= 0.3 is 0 Å². The second-order valence-electron chi connectivity index (χ2n) is 8.14. The zero-order valence-corrected chi connectivity index (χ0v) is 18.8. The van der Waals surface area contributed by atoms with Crippen LogP contribution in [-0.4, -0.2) is 30.2 Å². The van der Waals surface area contributed by atoms with Crippen LogP contribution in [0.2, 0.25) is 0 Å². The van der Waals surface area contributed by atoms with Crippen molar-refractivity contribution in [3.8, 4) is 11.6 Å². The van der Waals surface area contributed by atoms with Crippen molar-refractivity contribution in [3.05, 3.63) is 58.8 Å². The first-order valence-corrected chi connectivity index (χ1v) is 12.0. The standard InChI is InChI=1S/C23H24N6O3S/c24-19(30)13-28-20(25-17-10-5-4-9-16(17)22(28)31)14-33-23-27-26-21(18-11-6-12-32-18)29(23)15-7-2-1-3-8-15/h4-6,9-12,15H,1-3,7-8,13-14H2,(H2,24,30). The molecule has 10 heteroatoms. The number of hydrogen-bond acceptors (Lipinski definition) is 7.